The number of nitrogens with one attached hydrogen (secondary N) is 1. The van der Waals surface area contributed by atoms with Crippen LogP contribution in [0.25, 0.3) is 0 Å². The van der Waals surface area contributed by atoms with Crippen molar-refractivity contribution >= 4 is 5.69 Å². The molecule has 0 atom stereocenters. The number of nitrogens with zero attached hydrogens (tertiary/aromatic N) is 1. The molecular weight excluding hydrogens is 234 g/mol. The lowest BCUT2D eigenvalue weighted by atomic mass is 10.1. The average molecular weight is 244 g/mol. The summed E-state index contributed by atoms with van der Waals surface area (Å²) in [6.45, 7) is 0.243. The third-order valence-corrected chi connectivity index (χ3v) is 2.53. The first-order valence-electron chi connectivity index (χ1n) is 5.37. The van der Waals surface area contributed by atoms with Gasteiger partial charge in [-0.05, 0) is 24.3 Å². The van der Waals surface area contributed by atoms with E-state index in [1.165, 1.54) is 18.2 Å². The number of benzene rings is 2. The Morgan fingerprint density at radius 3 is 2.61 bits per heavy atom. The zero-order valence-electron chi connectivity index (χ0n) is 9.45. The smallest absolute Gasteiger partial charge is 0.128 e. The minimum absolute atomic E-state index is 0.200. The molecule has 0 aliphatic heterocycles. The van der Waals surface area contributed by atoms with Crippen LogP contribution in [0.1, 0.15) is 11.1 Å². The van der Waals surface area contributed by atoms with E-state index in [1.807, 2.05) is 6.07 Å². The number of hydrogen-bond donors (Lipinski definition) is 1. The highest BCUT2D eigenvalue weighted by Crippen LogP contribution is 2.17. The summed E-state index contributed by atoms with van der Waals surface area (Å²) in [7, 11) is 0. The Kier molecular flexibility index (Phi) is 3.54. The lowest BCUT2D eigenvalue weighted by Gasteiger charge is -2.08. The normalized spacial score (nSPS) is 9.83. The van der Waals surface area contributed by atoms with Gasteiger partial charge >= 0.3 is 0 Å². The molecular formula is C14H10F2N2. The second-order valence-corrected chi connectivity index (χ2v) is 3.75. The Hall–Kier alpha value is -2.41. The molecule has 0 heterocycles. The van der Waals surface area contributed by atoms with Crippen LogP contribution in [0.4, 0.5) is 14.5 Å². The number of hydrogen-bond acceptors (Lipinski definition) is 2. The average Bonchev–Trinajstić information content (AvgIpc) is 2.39. The monoisotopic (exact) mass is 244 g/mol. The van der Waals surface area contributed by atoms with E-state index in [9.17, 15) is 8.78 Å². The van der Waals surface area contributed by atoms with Crippen molar-refractivity contribution in [2.45, 2.75) is 6.54 Å². The topological polar surface area (TPSA) is 35.8 Å². The number of halogens is 2. The van der Waals surface area contributed by atoms with Gasteiger partial charge in [0.1, 0.15) is 17.7 Å². The Morgan fingerprint density at radius 2 is 1.89 bits per heavy atom. The van der Waals surface area contributed by atoms with Gasteiger partial charge in [0, 0.05) is 12.1 Å². The third-order valence-electron chi connectivity index (χ3n) is 2.53. The molecule has 0 fully saturated rings. The molecule has 2 aromatic carbocycles. The number of nitriles is 1. The van der Waals surface area contributed by atoms with E-state index in [-0.39, 0.29) is 17.9 Å². The van der Waals surface area contributed by atoms with Gasteiger partial charge in [-0.1, -0.05) is 18.2 Å². The van der Waals surface area contributed by atoms with E-state index in [1.54, 1.807) is 18.2 Å². The molecule has 0 unspecified atom stereocenters. The molecule has 1 N–H and O–H groups in total. The first-order valence-corrected chi connectivity index (χ1v) is 5.37. The van der Waals surface area contributed by atoms with E-state index in [4.69, 9.17) is 5.26 Å². The highest BCUT2D eigenvalue weighted by atomic mass is 19.1. The van der Waals surface area contributed by atoms with E-state index in [0.717, 1.165) is 6.07 Å². The van der Waals surface area contributed by atoms with Crippen molar-refractivity contribution in [3.63, 3.8) is 0 Å². The maximum absolute atomic E-state index is 13.4. The van der Waals surface area contributed by atoms with Gasteiger partial charge in [-0.15, -0.1) is 0 Å². The highest BCUT2D eigenvalue weighted by Gasteiger charge is 2.05. The van der Waals surface area contributed by atoms with Gasteiger partial charge in [-0.2, -0.15) is 5.26 Å². The largest absolute Gasteiger partial charge is 0.380 e. The second kappa shape index (κ2) is 5.28. The van der Waals surface area contributed by atoms with Crippen LogP contribution in [0.15, 0.2) is 42.5 Å². The SMILES string of the molecule is N#Cc1cc(F)ccc1NCc1ccccc1F. The molecule has 2 rings (SSSR count). The summed E-state index contributed by atoms with van der Waals surface area (Å²) >= 11 is 0. The van der Waals surface area contributed by atoms with E-state index < -0.39 is 5.82 Å². The predicted octanol–water partition coefficient (Wildman–Crippen LogP) is 3.45. The van der Waals surface area contributed by atoms with Crippen LogP contribution in [-0.2, 0) is 6.54 Å². The first kappa shape index (κ1) is 12.1. The summed E-state index contributed by atoms with van der Waals surface area (Å²) in [5.74, 6) is -0.784. The van der Waals surface area contributed by atoms with E-state index >= 15 is 0 Å². The van der Waals surface area contributed by atoms with Crippen LogP contribution in [0.5, 0.6) is 0 Å². The molecule has 0 bridgehead atoms. The summed E-state index contributed by atoms with van der Waals surface area (Å²) in [5.41, 5.74) is 1.18. The molecule has 0 saturated carbocycles. The molecule has 0 aliphatic rings. The minimum atomic E-state index is -0.469. The molecule has 0 saturated heterocycles. The van der Waals surface area contributed by atoms with Crippen LogP contribution in [0.2, 0.25) is 0 Å². The lowest BCUT2D eigenvalue weighted by molar-refractivity contribution is 0.612. The summed E-state index contributed by atoms with van der Waals surface area (Å²) in [6.07, 6.45) is 0. The number of rotatable bonds is 3. The number of anilines is 1. The Balaban J connectivity index is 2.16. The molecule has 0 spiro atoms. The molecule has 2 nitrogen and oxygen atoms in total. The fourth-order valence-electron chi connectivity index (χ4n) is 1.60. The van der Waals surface area contributed by atoms with Crippen molar-refractivity contribution in [3.8, 4) is 6.07 Å². The van der Waals surface area contributed by atoms with E-state index in [2.05, 4.69) is 5.32 Å². The van der Waals surface area contributed by atoms with Gasteiger partial charge in [0.2, 0.25) is 0 Å². The Bertz CT molecular complexity index is 603. The van der Waals surface area contributed by atoms with Gasteiger partial charge in [-0.3, -0.25) is 0 Å². The van der Waals surface area contributed by atoms with Crippen molar-refractivity contribution < 1.29 is 8.78 Å². The maximum atomic E-state index is 13.4. The zero-order chi connectivity index (χ0) is 13.0. The van der Waals surface area contributed by atoms with E-state index in [0.29, 0.717) is 11.3 Å². The van der Waals surface area contributed by atoms with Crippen LogP contribution in [0, 0.1) is 23.0 Å². The standard InChI is InChI=1S/C14H10F2N2/c15-12-5-6-14(11(7-12)8-17)18-9-10-3-1-2-4-13(10)16/h1-7,18H,9H2. The first-order chi connectivity index (χ1) is 8.70. The second-order valence-electron chi connectivity index (χ2n) is 3.75. The van der Waals surface area contributed by atoms with Crippen LogP contribution in [-0.4, -0.2) is 0 Å². The molecule has 18 heavy (non-hydrogen) atoms. The fourth-order valence-corrected chi connectivity index (χ4v) is 1.60. The van der Waals surface area contributed by atoms with Crippen LogP contribution in [0.3, 0.4) is 0 Å². The molecule has 0 aliphatic carbocycles. The Labute approximate surface area is 103 Å². The summed E-state index contributed by atoms with van der Waals surface area (Å²) in [5, 5.41) is 11.8. The summed E-state index contributed by atoms with van der Waals surface area (Å²) in [6, 6.07) is 12.1. The lowest BCUT2D eigenvalue weighted by Crippen LogP contribution is -2.03. The van der Waals surface area contributed by atoms with Crippen LogP contribution < -0.4 is 5.32 Å². The third kappa shape index (κ3) is 2.64. The quantitative estimate of drug-likeness (QED) is 0.897. The van der Waals surface area contributed by atoms with Crippen LogP contribution >= 0.6 is 0 Å². The molecule has 4 heteroatoms. The van der Waals surface area contributed by atoms with Gasteiger partial charge < -0.3 is 5.32 Å². The molecule has 90 valence electrons. The zero-order valence-corrected chi connectivity index (χ0v) is 9.45. The molecule has 0 radical (unpaired) electrons. The Morgan fingerprint density at radius 1 is 1.11 bits per heavy atom. The molecule has 2 aromatic rings. The maximum Gasteiger partial charge on any atom is 0.128 e. The van der Waals surface area contributed by atoms with Crippen molar-refractivity contribution in [2.75, 3.05) is 5.32 Å². The molecule has 0 amide bonds. The van der Waals surface area contributed by atoms with Crippen molar-refractivity contribution in [3.05, 3.63) is 65.2 Å². The van der Waals surface area contributed by atoms with Crippen molar-refractivity contribution in [1.29, 1.82) is 5.26 Å². The van der Waals surface area contributed by atoms with Gasteiger partial charge in [-0.25, -0.2) is 8.78 Å². The van der Waals surface area contributed by atoms with Crippen molar-refractivity contribution in [2.24, 2.45) is 0 Å². The fraction of sp³-hybridized carbons (Fsp3) is 0.0714. The van der Waals surface area contributed by atoms with Gasteiger partial charge in [0.05, 0.1) is 11.3 Å². The predicted molar refractivity (Wildman–Crippen MR) is 64.8 cm³/mol. The summed E-state index contributed by atoms with van der Waals surface area (Å²) < 4.78 is 26.3. The summed E-state index contributed by atoms with van der Waals surface area (Å²) in [4.78, 5) is 0. The van der Waals surface area contributed by atoms with Gasteiger partial charge in [0.25, 0.3) is 0 Å². The highest BCUT2D eigenvalue weighted by molar-refractivity contribution is 5.57. The molecule has 0 aromatic heterocycles. The van der Waals surface area contributed by atoms with Gasteiger partial charge in [0.15, 0.2) is 0 Å². The minimum Gasteiger partial charge on any atom is -0.380 e. The van der Waals surface area contributed by atoms with Crippen molar-refractivity contribution in [1.82, 2.24) is 0 Å².